The lowest BCUT2D eigenvalue weighted by atomic mass is 10.00. The van der Waals surface area contributed by atoms with Gasteiger partial charge in [0.2, 0.25) is 17.7 Å². The van der Waals surface area contributed by atoms with Gasteiger partial charge in [0.15, 0.2) is 0 Å². The number of carbonyl (C=O) groups excluding carboxylic acids is 3. The smallest absolute Gasteiger partial charge is 0.326 e. The van der Waals surface area contributed by atoms with Crippen molar-refractivity contribution in [3.05, 3.63) is 0 Å². The maximum absolute atomic E-state index is 12.6. The van der Waals surface area contributed by atoms with Gasteiger partial charge in [-0.2, -0.15) is 12.6 Å². The zero-order valence-electron chi connectivity index (χ0n) is 16.5. The maximum atomic E-state index is 12.6. The van der Waals surface area contributed by atoms with E-state index in [9.17, 15) is 24.3 Å². The molecule has 0 aliphatic heterocycles. The SMILES string of the molecule is CC(C)CC(NC(=O)C(CS)NC(=O)C(C)N)C(=O)NC(C(=O)O)C(C)C. The summed E-state index contributed by atoms with van der Waals surface area (Å²) in [4.78, 5) is 48.1. The Hall–Kier alpha value is -1.81. The first kappa shape index (κ1) is 25.2. The highest BCUT2D eigenvalue weighted by Crippen LogP contribution is 2.08. The number of amides is 3. The Morgan fingerprint density at radius 1 is 0.889 bits per heavy atom. The molecule has 3 amide bonds. The van der Waals surface area contributed by atoms with Gasteiger partial charge in [-0.25, -0.2) is 4.79 Å². The molecule has 0 rings (SSSR count). The molecule has 0 aliphatic rings. The molecule has 156 valence electrons. The third-order valence-corrected chi connectivity index (χ3v) is 4.16. The summed E-state index contributed by atoms with van der Waals surface area (Å²) in [6, 6.07) is -3.76. The third-order valence-electron chi connectivity index (χ3n) is 3.80. The molecule has 4 unspecified atom stereocenters. The van der Waals surface area contributed by atoms with Crippen molar-refractivity contribution in [1.29, 1.82) is 0 Å². The quantitative estimate of drug-likeness (QED) is 0.256. The molecule has 0 aromatic rings. The minimum Gasteiger partial charge on any atom is -0.480 e. The van der Waals surface area contributed by atoms with E-state index >= 15 is 0 Å². The van der Waals surface area contributed by atoms with Crippen molar-refractivity contribution in [2.75, 3.05) is 5.75 Å². The summed E-state index contributed by atoms with van der Waals surface area (Å²) in [5, 5.41) is 16.7. The first-order chi connectivity index (χ1) is 12.4. The highest BCUT2D eigenvalue weighted by molar-refractivity contribution is 7.80. The van der Waals surface area contributed by atoms with E-state index in [4.69, 9.17) is 5.73 Å². The molecule has 27 heavy (non-hydrogen) atoms. The van der Waals surface area contributed by atoms with Crippen LogP contribution in [0.25, 0.3) is 0 Å². The molecule has 6 N–H and O–H groups in total. The van der Waals surface area contributed by atoms with Crippen molar-refractivity contribution in [3.63, 3.8) is 0 Å². The zero-order valence-corrected chi connectivity index (χ0v) is 17.4. The minimum atomic E-state index is -1.15. The Balaban J connectivity index is 5.22. The van der Waals surface area contributed by atoms with Crippen molar-refractivity contribution in [2.45, 2.75) is 65.2 Å². The Morgan fingerprint density at radius 3 is 1.74 bits per heavy atom. The number of carboxylic acid groups (broad SMARTS) is 1. The monoisotopic (exact) mass is 404 g/mol. The molecule has 0 heterocycles. The van der Waals surface area contributed by atoms with E-state index in [0.29, 0.717) is 6.42 Å². The summed E-state index contributed by atoms with van der Waals surface area (Å²) in [5.74, 6) is -3.07. The van der Waals surface area contributed by atoms with Gasteiger partial charge in [0, 0.05) is 5.75 Å². The number of hydrogen-bond donors (Lipinski definition) is 6. The summed E-state index contributed by atoms with van der Waals surface area (Å²) >= 11 is 4.06. The number of carbonyl (C=O) groups is 4. The van der Waals surface area contributed by atoms with Crippen LogP contribution >= 0.6 is 12.6 Å². The topological polar surface area (TPSA) is 151 Å². The minimum absolute atomic E-state index is 0.0179. The van der Waals surface area contributed by atoms with Gasteiger partial charge in [0.25, 0.3) is 0 Å². The Bertz CT molecular complexity index is 539. The van der Waals surface area contributed by atoms with E-state index < -0.39 is 47.9 Å². The fraction of sp³-hybridized carbons (Fsp3) is 0.765. The molecule has 0 aliphatic carbocycles. The van der Waals surface area contributed by atoms with Crippen molar-refractivity contribution < 1.29 is 24.3 Å². The van der Waals surface area contributed by atoms with Crippen LogP contribution in [-0.2, 0) is 19.2 Å². The summed E-state index contributed by atoms with van der Waals surface area (Å²) in [6.45, 7) is 8.58. The number of hydrogen-bond acceptors (Lipinski definition) is 6. The molecule has 4 atom stereocenters. The molecule has 0 spiro atoms. The Kier molecular flexibility index (Phi) is 11.0. The third kappa shape index (κ3) is 9.09. The predicted octanol–water partition coefficient (Wildman–Crippen LogP) is -0.495. The number of nitrogens with one attached hydrogen (secondary N) is 3. The van der Waals surface area contributed by atoms with Crippen molar-refractivity contribution in [3.8, 4) is 0 Å². The van der Waals surface area contributed by atoms with Gasteiger partial charge < -0.3 is 26.8 Å². The molecule has 0 saturated carbocycles. The van der Waals surface area contributed by atoms with Gasteiger partial charge >= 0.3 is 5.97 Å². The van der Waals surface area contributed by atoms with Crippen LogP contribution in [-0.4, -0.2) is 58.7 Å². The summed E-state index contributed by atoms with van der Waals surface area (Å²) in [5.41, 5.74) is 5.48. The number of carboxylic acids is 1. The first-order valence-electron chi connectivity index (χ1n) is 8.91. The van der Waals surface area contributed by atoms with Gasteiger partial charge in [-0.15, -0.1) is 0 Å². The molecule has 0 aromatic carbocycles. The molecule has 10 heteroatoms. The normalized spacial score (nSPS) is 15.6. The van der Waals surface area contributed by atoms with Gasteiger partial charge in [0.1, 0.15) is 18.1 Å². The maximum Gasteiger partial charge on any atom is 0.326 e. The van der Waals surface area contributed by atoms with Crippen LogP contribution in [0.3, 0.4) is 0 Å². The second-order valence-electron chi connectivity index (χ2n) is 7.29. The molecule has 0 saturated heterocycles. The van der Waals surface area contributed by atoms with Crippen LogP contribution < -0.4 is 21.7 Å². The van der Waals surface area contributed by atoms with Crippen LogP contribution in [0.15, 0.2) is 0 Å². The van der Waals surface area contributed by atoms with E-state index in [1.54, 1.807) is 13.8 Å². The lowest BCUT2D eigenvalue weighted by Gasteiger charge is -2.26. The molecular weight excluding hydrogens is 372 g/mol. The average molecular weight is 405 g/mol. The summed E-state index contributed by atoms with van der Waals surface area (Å²) in [6.07, 6.45) is 0.308. The van der Waals surface area contributed by atoms with Crippen LogP contribution in [0.5, 0.6) is 0 Å². The summed E-state index contributed by atoms with van der Waals surface area (Å²) in [7, 11) is 0. The van der Waals surface area contributed by atoms with Crippen molar-refractivity contribution in [1.82, 2.24) is 16.0 Å². The van der Waals surface area contributed by atoms with E-state index in [0.717, 1.165) is 0 Å². The molecule has 0 fully saturated rings. The lowest BCUT2D eigenvalue weighted by molar-refractivity contribution is -0.143. The van der Waals surface area contributed by atoms with Crippen LogP contribution in [0.4, 0.5) is 0 Å². The lowest BCUT2D eigenvalue weighted by Crippen LogP contribution is -2.58. The van der Waals surface area contributed by atoms with Gasteiger partial charge in [-0.1, -0.05) is 27.7 Å². The summed E-state index contributed by atoms with van der Waals surface area (Å²) < 4.78 is 0. The van der Waals surface area contributed by atoms with Crippen molar-refractivity contribution >= 4 is 36.3 Å². The van der Waals surface area contributed by atoms with Gasteiger partial charge in [0.05, 0.1) is 6.04 Å². The number of rotatable bonds is 11. The predicted molar refractivity (Wildman–Crippen MR) is 105 cm³/mol. The Morgan fingerprint density at radius 2 is 1.37 bits per heavy atom. The highest BCUT2D eigenvalue weighted by Gasteiger charge is 2.30. The van der Waals surface area contributed by atoms with Gasteiger partial charge in [-0.05, 0) is 25.2 Å². The molecular formula is C17H32N4O5S. The molecule has 0 aromatic heterocycles. The fourth-order valence-corrected chi connectivity index (χ4v) is 2.50. The van der Waals surface area contributed by atoms with Crippen LogP contribution in [0, 0.1) is 11.8 Å². The van der Waals surface area contributed by atoms with E-state index in [1.807, 2.05) is 13.8 Å². The zero-order chi connectivity index (χ0) is 21.3. The second-order valence-corrected chi connectivity index (χ2v) is 7.66. The number of thiol groups is 1. The van der Waals surface area contributed by atoms with E-state index in [1.165, 1.54) is 6.92 Å². The number of nitrogens with two attached hydrogens (primary N) is 1. The number of aliphatic carboxylic acids is 1. The molecule has 0 radical (unpaired) electrons. The Labute approximate surface area is 165 Å². The average Bonchev–Trinajstić information content (AvgIpc) is 2.54. The fourth-order valence-electron chi connectivity index (χ4n) is 2.24. The largest absolute Gasteiger partial charge is 0.480 e. The van der Waals surface area contributed by atoms with E-state index in [2.05, 4.69) is 28.6 Å². The van der Waals surface area contributed by atoms with Gasteiger partial charge in [-0.3, -0.25) is 14.4 Å². The van der Waals surface area contributed by atoms with Crippen LogP contribution in [0.2, 0.25) is 0 Å². The molecule has 0 bridgehead atoms. The van der Waals surface area contributed by atoms with E-state index in [-0.39, 0.29) is 17.6 Å². The first-order valence-corrected chi connectivity index (χ1v) is 9.54. The highest BCUT2D eigenvalue weighted by atomic mass is 32.1. The molecule has 9 nitrogen and oxygen atoms in total. The second kappa shape index (κ2) is 11.8. The van der Waals surface area contributed by atoms with Crippen LogP contribution in [0.1, 0.15) is 41.0 Å². The van der Waals surface area contributed by atoms with Crippen molar-refractivity contribution in [2.24, 2.45) is 17.6 Å². The standard InChI is InChI=1S/C17H32N4O5S/c1-8(2)6-11(15(23)21-13(9(3)4)17(25)26)19-16(24)12(7-27)20-14(22)10(5)18/h8-13,27H,6-7,18H2,1-5H3,(H,19,24)(H,20,22)(H,21,23)(H,25,26).